The smallest absolute Gasteiger partial charge is 0.259 e. The van der Waals surface area contributed by atoms with E-state index in [1.54, 1.807) is 30.1 Å². The van der Waals surface area contributed by atoms with Crippen LogP contribution in [0.4, 0.5) is 11.4 Å². The Hall–Kier alpha value is -2.00. The minimum absolute atomic E-state index is 0.172. The highest BCUT2D eigenvalue weighted by Crippen LogP contribution is 2.27. The quantitative estimate of drug-likeness (QED) is 0.854. The highest BCUT2D eigenvalue weighted by atomic mass is 35.5. The molecule has 104 valence electrons. The number of amides is 1. The fourth-order valence-electron chi connectivity index (χ4n) is 2.19. The van der Waals surface area contributed by atoms with E-state index in [2.05, 4.69) is 0 Å². The van der Waals surface area contributed by atoms with Crippen LogP contribution in [-0.2, 0) is 0 Å². The van der Waals surface area contributed by atoms with Crippen LogP contribution in [0.1, 0.15) is 21.5 Å². The average Bonchev–Trinajstić information content (AvgIpc) is 2.40. The van der Waals surface area contributed by atoms with Gasteiger partial charge in [0.1, 0.15) is 0 Å². The Balaban J connectivity index is 2.40. The topological polar surface area (TPSA) is 46.3 Å². The number of rotatable bonds is 2. The molecule has 0 aromatic heterocycles. The Morgan fingerprint density at radius 3 is 2.55 bits per heavy atom. The van der Waals surface area contributed by atoms with Gasteiger partial charge in [0.15, 0.2) is 0 Å². The van der Waals surface area contributed by atoms with E-state index in [0.717, 1.165) is 16.8 Å². The molecule has 0 bridgehead atoms. The first kappa shape index (κ1) is 14.4. The molecule has 2 aromatic rings. The van der Waals surface area contributed by atoms with Crippen LogP contribution in [-0.4, -0.2) is 13.0 Å². The van der Waals surface area contributed by atoms with E-state index in [-0.39, 0.29) is 5.91 Å². The van der Waals surface area contributed by atoms with Crippen LogP contribution in [0, 0.1) is 13.8 Å². The zero-order valence-electron chi connectivity index (χ0n) is 11.8. The summed E-state index contributed by atoms with van der Waals surface area (Å²) in [6, 6.07) is 11.0. The van der Waals surface area contributed by atoms with Crippen LogP contribution < -0.4 is 10.6 Å². The lowest BCUT2D eigenvalue weighted by Crippen LogP contribution is -2.27. The van der Waals surface area contributed by atoms with Gasteiger partial charge in [-0.1, -0.05) is 35.4 Å². The predicted octanol–water partition coefficient (Wildman–Crippen LogP) is 3.82. The molecular weight excluding hydrogens is 272 g/mol. The molecule has 0 aliphatic heterocycles. The maximum absolute atomic E-state index is 12.5. The number of halogens is 1. The number of anilines is 2. The van der Waals surface area contributed by atoms with Crippen LogP contribution in [0.25, 0.3) is 0 Å². The van der Waals surface area contributed by atoms with Crippen LogP contribution in [0.15, 0.2) is 36.4 Å². The Morgan fingerprint density at radius 1 is 1.20 bits per heavy atom. The van der Waals surface area contributed by atoms with E-state index in [1.807, 2.05) is 32.0 Å². The van der Waals surface area contributed by atoms with E-state index in [4.69, 9.17) is 17.3 Å². The van der Waals surface area contributed by atoms with Crippen molar-refractivity contribution < 1.29 is 4.79 Å². The van der Waals surface area contributed by atoms with Gasteiger partial charge in [0, 0.05) is 12.7 Å². The molecule has 0 atom stereocenters. The largest absolute Gasteiger partial charge is 0.398 e. The molecule has 4 heteroatoms. The van der Waals surface area contributed by atoms with E-state index in [1.165, 1.54) is 0 Å². The number of nitrogens with zero attached hydrogens (tertiary/aromatic N) is 1. The summed E-state index contributed by atoms with van der Waals surface area (Å²) < 4.78 is 0. The van der Waals surface area contributed by atoms with Crippen LogP contribution in [0.2, 0.25) is 5.02 Å². The lowest BCUT2D eigenvalue weighted by molar-refractivity contribution is 0.0993. The predicted molar refractivity (Wildman–Crippen MR) is 84.5 cm³/mol. The fraction of sp³-hybridized carbons (Fsp3) is 0.188. The summed E-state index contributed by atoms with van der Waals surface area (Å²) in [5.74, 6) is -0.172. The molecule has 0 spiro atoms. The summed E-state index contributed by atoms with van der Waals surface area (Å²) in [6.07, 6.45) is 0. The summed E-state index contributed by atoms with van der Waals surface area (Å²) in [4.78, 5) is 14.1. The van der Waals surface area contributed by atoms with Gasteiger partial charge in [-0.15, -0.1) is 0 Å². The van der Waals surface area contributed by atoms with Crippen LogP contribution >= 0.6 is 11.6 Å². The van der Waals surface area contributed by atoms with Crippen LogP contribution in [0.3, 0.4) is 0 Å². The molecule has 20 heavy (non-hydrogen) atoms. The molecule has 3 nitrogen and oxygen atoms in total. The zero-order chi connectivity index (χ0) is 14.9. The maximum Gasteiger partial charge on any atom is 0.259 e. The summed E-state index contributed by atoms with van der Waals surface area (Å²) >= 11 is 6.11. The third kappa shape index (κ3) is 2.63. The Bertz CT molecular complexity index is 668. The molecule has 2 rings (SSSR count). The molecule has 0 saturated heterocycles. The summed E-state index contributed by atoms with van der Waals surface area (Å²) in [7, 11) is 1.74. The first-order chi connectivity index (χ1) is 9.41. The van der Waals surface area contributed by atoms with Gasteiger partial charge in [-0.2, -0.15) is 0 Å². The van der Waals surface area contributed by atoms with E-state index in [9.17, 15) is 4.79 Å². The van der Waals surface area contributed by atoms with Crippen molar-refractivity contribution in [1.29, 1.82) is 0 Å². The van der Waals surface area contributed by atoms with Crippen molar-refractivity contribution in [2.24, 2.45) is 0 Å². The maximum atomic E-state index is 12.5. The second-order valence-corrected chi connectivity index (χ2v) is 5.24. The standard InChI is InChI=1S/C16H17ClN2O/c1-10-7-8-14(11(2)9-10)19(3)16(20)12-5-4-6-13(18)15(12)17/h4-9H,18H2,1-3H3. The number of nitrogens with two attached hydrogens (primary N) is 1. The number of carbonyl (C=O) groups excluding carboxylic acids is 1. The average molecular weight is 289 g/mol. The highest BCUT2D eigenvalue weighted by Gasteiger charge is 2.18. The molecule has 0 radical (unpaired) electrons. The van der Waals surface area contributed by atoms with Crippen molar-refractivity contribution in [2.45, 2.75) is 13.8 Å². The molecular formula is C16H17ClN2O. The number of hydrogen-bond donors (Lipinski definition) is 1. The first-order valence-corrected chi connectivity index (χ1v) is 6.69. The van der Waals surface area contributed by atoms with Crippen molar-refractivity contribution in [3.05, 3.63) is 58.1 Å². The minimum atomic E-state index is -0.172. The van der Waals surface area contributed by atoms with Crippen molar-refractivity contribution >= 4 is 28.9 Å². The van der Waals surface area contributed by atoms with Gasteiger partial charge in [-0.05, 0) is 37.6 Å². The summed E-state index contributed by atoms with van der Waals surface area (Å²) in [5, 5.41) is 0.300. The van der Waals surface area contributed by atoms with Crippen molar-refractivity contribution in [1.82, 2.24) is 0 Å². The number of carbonyl (C=O) groups is 1. The third-order valence-electron chi connectivity index (χ3n) is 3.28. The minimum Gasteiger partial charge on any atom is -0.398 e. The monoisotopic (exact) mass is 288 g/mol. The van der Waals surface area contributed by atoms with Gasteiger partial charge in [0.25, 0.3) is 5.91 Å². The molecule has 0 fully saturated rings. The van der Waals surface area contributed by atoms with Crippen LogP contribution in [0.5, 0.6) is 0 Å². The lowest BCUT2D eigenvalue weighted by Gasteiger charge is -2.20. The summed E-state index contributed by atoms with van der Waals surface area (Å²) in [5.41, 5.74) is 9.63. The Kier molecular flexibility index (Phi) is 4.00. The lowest BCUT2D eigenvalue weighted by atomic mass is 10.1. The van der Waals surface area contributed by atoms with E-state index in [0.29, 0.717) is 16.3 Å². The third-order valence-corrected chi connectivity index (χ3v) is 3.70. The second kappa shape index (κ2) is 5.55. The van der Waals surface area contributed by atoms with Crippen molar-refractivity contribution in [3.63, 3.8) is 0 Å². The number of nitrogen functional groups attached to an aromatic ring is 1. The molecule has 1 amide bonds. The molecule has 0 aliphatic carbocycles. The van der Waals surface area contributed by atoms with Crippen molar-refractivity contribution in [3.8, 4) is 0 Å². The van der Waals surface area contributed by atoms with Crippen molar-refractivity contribution in [2.75, 3.05) is 17.7 Å². The molecule has 0 saturated carbocycles. The number of hydrogen-bond acceptors (Lipinski definition) is 2. The van der Waals surface area contributed by atoms with Gasteiger partial charge in [0.05, 0.1) is 16.3 Å². The van der Waals surface area contributed by atoms with Gasteiger partial charge in [-0.25, -0.2) is 0 Å². The Morgan fingerprint density at radius 2 is 1.90 bits per heavy atom. The van der Waals surface area contributed by atoms with Gasteiger partial charge >= 0.3 is 0 Å². The fourth-order valence-corrected chi connectivity index (χ4v) is 2.39. The molecule has 0 aliphatic rings. The van der Waals surface area contributed by atoms with Gasteiger partial charge in [-0.3, -0.25) is 4.79 Å². The molecule has 2 aromatic carbocycles. The van der Waals surface area contributed by atoms with Gasteiger partial charge in [0.2, 0.25) is 0 Å². The van der Waals surface area contributed by atoms with E-state index < -0.39 is 0 Å². The zero-order valence-corrected chi connectivity index (χ0v) is 12.5. The second-order valence-electron chi connectivity index (χ2n) is 4.86. The number of aryl methyl sites for hydroxylation is 2. The molecule has 0 unspecified atom stereocenters. The Labute approximate surface area is 124 Å². The normalized spacial score (nSPS) is 10.4. The molecule has 2 N–H and O–H groups in total. The number of benzene rings is 2. The molecule has 0 heterocycles. The first-order valence-electron chi connectivity index (χ1n) is 6.31. The SMILES string of the molecule is Cc1ccc(N(C)C(=O)c2cccc(N)c2Cl)c(C)c1. The van der Waals surface area contributed by atoms with Gasteiger partial charge < -0.3 is 10.6 Å². The van der Waals surface area contributed by atoms with E-state index >= 15 is 0 Å². The summed E-state index contributed by atoms with van der Waals surface area (Å²) in [6.45, 7) is 4.00. The highest BCUT2D eigenvalue weighted by molar-refractivity contribution is 6.36.